The first-order valence-corrected chi connectivity index (χ1v) is 10.2. The number of ether oxygens (including phenoxy) is 1. The van der Waals surface area contributed by atoms with E-state index in [2.05, 4.69) is 53.6 Å². The third kappa shape index (κ3) is 4.71. The van der Waals surface area contributed by atoms with Crippen molar-refractivity contribution in [2.45, 2.75) is 32.3 Å². The Labute approximate surface area is 176 Å². The number of aromatic nitrogens is 1. The lowest BCUT2D eigenvalue weighted by atomic mass is 10.0. The van der Waals surface area contributed by atoms with Crippen LogP contribution in [-0.4, -0.2) is 16.1 Å². The molecule has 0 bridgehead atoms. The van der Waals surface area contributed by atoms with Gasteiger partial charge in [-0.3, -0.25) is 4.79 Å². The van der Waals surface area contributed by atoms with E-state index in [0.29, 0.717) is 6.42 Å². The largest absolute Gasteiger partial charge is 0.486 e. The second-order valence-electron chi connectivity index (χ2n) is 7.58. The number of carboxylic acids is 1. The quantitative estimate of drug-likeness (QED) is 0.387. The van der Waals surface area contributed by atoms with Gasteiger partial charge < -0.3 is 14.8 Å². The lowest BCUT2D eigenvalue weighted by Crippen LogP contribution is -2.03. The lowest BCUT2D eigenvalue weighted by molar-refractivity contribution is -0.136. The summed E-state index contributed by atoms with van der Waals surface area (Å²) in [5.74, 6) is -0.00372. The van der Waals surface area contributed by atoms with E-state index in [1.54, 1.807) is 0 Å². The van der Waals surface area contributed by atoms with Gasteiger partial charge in [-0.15, -0.1) is 0 Å². The zero-order valence-electron chi connectivity index (χ0n) is 17.0. The molecule has 3 aromatic carbocycles. The first-order chi connectivity index (χ1) is 14.6. The van der Waals surface area contributed by atoms with Gasteiger partial charge >= 0.3 is 5.97 Å². The summed E-state index contributed by atoms with van der Waals surface area (Å²) in [6.45, 7) is 2.04. The summed E-state index contributed by atoms with van der Waals surface area (Å²) in [6, 6.07) is 24.5. The van der Waals surface area contributed by atoms with Crippen LogP contribution in [0, 0.1) is 0 Å². The number of carbonyl (C=O) groups is 1. The molecule has 0 aliphatic carbocycles. The van der Waals surface area contributed by atoms with Crippen molar-refractivity contribution in [2.75, 3.05) is 0 Å². The van der Waals surface area contributed by atoms with Crippen LogP contribution in [0.2, 0.25) is 0 Å². The summed E-state index contributed by atoms with van der Waals surface area (Å²) < 4.78 is 6.14. The molecule has 0 radical (unpaired) electrons. The van der Waals surface area contributed by atoms with Crippen molar-refractivity contribution < 1.29 is 14.6 Å². The number of hydrogen-bond acceptors (Lipinski definition) is 2. The first-order valence-electron chi connectivity index (χ1n) is 10.2. The van der Waals surface area contributed by atoms with E-state index in [0.717, 1.165) is 28.8 Å². The second-order valence-corrected chi connectivity index (χ2v) is 7.58. The highest BCUT2D eigenvalue weighted by molar-refractivity contribution is 5.84. The van der Waals surface area contributed by atoms with Gasteiger partial charge in [-0.2, -0.15) is 0 Å². The van der Waals surface area contributed by atoms with Crippen LogP contribution >= 0.6 is 0 Å². The van der Waals surface area contributed by atoms with E-state index in [1.165, 1.54) is 16.5 Å². The van der Waals surface area contributed by atoms with Crippen molar-refractivity contribution in [1.82, 2.24) is 4.98 Å². The Morgan fingerprint density at radius 2 is 1.77 bits per heavy atom. The number of carboxylic acid groups (broad SMARTS) is 1. The molecule has 4 rings (SSSR count). The van der Waals surface area contributed by atoms with Crippen LogP contribution in [0.3, 0.4) is 0 Å². The van der Waals surface area contributed by atoms with Gasteiger partial charge in [0.05, 0.1) is 0 Å². The average molecular weight is 399 g/mol. The molecule has 2 N–H and O–H groups in total. The molecule has 0 fully saturated rings. The highest BCUT2D eigenvalue weighted by Gasteiger charge is 2.11. The molecule has 1 atom stereocenters. The van der Waals surface area contributed by atoms with Gasteiger partial charge in [0.25, 0.3) is 0 Å². The standard InChI is InChI=1S/C26H25NO3/c1-18(30-23-11-7-19(8-12-23)9-14-26(28)29)21-10-13-25-24(16-21)22(17-27-25)15-20-5-3-2-4-6-20/h2-8,10-13,16-18,27H,9,14-15H2,1H3,(H,28,29). The van der Waals surface area contributed by atoms with Crippen LogP contribution in [0.4, 0.5) is 0 Å². The van der Waals surface area contributed by atoms with Crippen molar-refractivity contribution in [1.29, 1.82) is 0 Å². The van der Waals surface area contributed by atoms with Gasteiger partial charge in [0.15, 0.2) is 0 Å². The van der Waals surface area contributed by atoms with Gasteiger partial charge in [-0.1, -0.05) is 48.5 Å². The molecule has 0 saturated heterocycles. The monoisotopic (exact) mass is 399 g/mol. The molecule has 1 aromatic heterocycles. The number of H-pyrrole nitrogens is 1. The maximum atomic E-state index is 10.7. The zero-order chi connectivity index (χ0) is 20.9. The summed E-state index contributed by atoms with van der Waals surface area (Å²) in [5, 5.41) is 10.0. The Kier molecular flexibility index (Phi) is 5.84. The first kappa shape index (κ1) is 19.8. The summed E-state index contributed by atoms with van der Waals surface area (Å²) in [5.41, 5.74) is 5.80. The fourth-order valence-electron chi connectivity index (χ4n) is 3.67. The van der Waals surface area contributed by atoms with Gasteiger partial charge in [-0.05, 0) is 66.3 Å². The van der Waals surface area contributed by atoms with E-state index in [9.17, 15) is 4.79 Å². The van der Waals surface area contributed by atoms with Crippen molar-refractivity contribution in [3.63, 3.8) is 0 Å². The molecule has 0 aliphatic rings. The fourth-order valence-corrected chi connectivity index (χ4v) is 3.67. The minimum atomic E-state index is -0.782. The molecule has 4 aromatic rings. The molecular weight excluding hydrogens is 374 g/mol. The molecule has 0 amide bonds. The molecule has 152 valence electrons. The van der Waals surface area contributed by atoms with Crippen molar-refractivity contribution in [2.24, 2.45) is 0 Å². The zero-order valence-corrected chi connectivity index (χ0v) is 17.0. The van der Waals surface area contributed by atoms with Crippen LogP contribution in [0.1, 0.15) is 41.7 Å². The van der Waals surface area contributed by atoms with Crippen LogP contribution in [0.25, 0.3) is 10.9 Å². The topological polar surface area (TPSA) is 62.3 Å². The Balaban J connectivity index is 1.48. The highest BCUT2D eigenvalue weighted by Crippen LogP contribution is 2.28. The minimum absolute atomic E-state index is 0.0984. The summed E-state index contributed by atoms with van der Waals surface area (Å²) in [4.78, 5) is 14.1. The van der Waals surface area contributed by atoms with Crippen LogP contribution < -0.4 is 4.74 Å². The Morgan fingerprint density at radius 1 is 1.00 bits per heavy atom. The number of fused-ring (bicyclic) bond motifs is 1. The maximum Gasteiger partial charge on any atom is 0.303 e. The van der Waals surface area contributed by atoms with Gasteiger partial charge in [0.1, 0.15) is 11.9 Å². The van der Waals surface area contributed by atoms with Crippen molar-refractivity contribution in [3.8, 4) is 5.75 Å². The maximum absolute atomic E-state index is 10.7. The number of aliphatic carboxylic acids is 1. The second kappa shape index (κ2) is 8.87. The summed E-state index contributed by atoms with van der Waals surface area (Å²) >= 11 is 0. The third-order valence-electron chi connectivity index (χ3n) is 5.36. The van der Waals surface area contributed by atoms with E-state index in [1.807, 2.05) is 37.3 Å². The van der Waals surface area contributed by atoms with Crippen molar-refractivity contribution in [3.05, 3.63) is 101 Å². The average Bonchev–Trinajstić information content (AvgIpc) is 3.16. The van der Waals surface area contributed by atoms with E-state index in [-0.39, 0.29) is 12.5 Å². The molecular formula is C26H25NO3. The number of aryl methyl sites for hydroxylation is 1. The number of hydrogen-bond donors (Lipinski definition) is 2. The number of benzene rings is 3. The van der Waals surface area contributed by atoms with Gasteiger partial charge in [0.2, 0.25) is 0 Å². The molecule has 4 heteroatoms. The predicted molar refractivity (Wildman–Crippen MR) is 119 cm³/mol. The molecule has 1 heterocycles. The smallest absolute Gasteiger partial charge is 0.303 e. The van der Waals surface area contributed by atoms with Crippen LogP contribution in [0.5, 0.6) is 5.75 Å². The van der Waals surface area contributed by atoms with E-state index < -0.39 is 5.97 Å². The van der Waals surface area contributed by atoms with Gasteiger partial charge in [0, 0.05) is 23.5 Å². The van der Waals surface area contributed by atoms with E-state index in [4.69, 9.17) is 9.84 Å². The number of rotatable bonds is 8. The fraction of sp³-hybridized carbons (Fsp3) is 0.192. The lowest BCUT2D eigenvalue weighted by Gasteiger charge is -2.16. The molecule has 30 heavy (non-hydrogen) atoms. The highest BCUT2D eigenvalue weighted by atomic mass is 16.5. The Morgan fingerprint density at radius 3 is 2.50 bits per heavy atom. The molecule has 0 saturated carbocycles. The normalized spacial score (nSPS) is 12.0. The summed E-state index contributed by atoms with van der Waals surface area (Å²) in [6.07, 6.45) is 3.54. The predicted octanol–water partition coefficient (Wildman–Crippen LogP) is 5.92. The third-order valence-corrected chi connectivity index (χ3v) is 5.36. The summed E-state index contributed by atoms with van der Waals surface area (Å²) in [7, 11) is 0. The number of nitrogens with one attached hydrogen (secondary N) is 1. The van der Waals surface area contributed by atoms with Crippen LogP contribution in [-0.2, 0) is 17.6 Å². The molecule has 0 aliphatic heterocycles. The Bertz CT molecular complexity index is 1130. The SMILES string of the molecule is CC(Oc1ccc(CCC(=O)O)cc1)c1ccc2[nH]cc(Cc3ccccc3)c2c1. The Hall–Kier alpha value is -3.53. The van der Waals surface area contributed by atoms with Crippen molar-refractivity contribution >= 4 is 16.9 Å². The van der Waals surface area contributed by atoms with Crippen LogP contribution in [0.15, 0.2) is 79.0 Å². The number of aromatic amines is 1. The molecule has 0 spiro atoms. The molecule has 1 unspecified atom stereocenters. The van der Waals surface area contributed by atoms with E-state index >= 15 is 0 Å². The minimum Gasteiger partial charge on any atom is -0.486 e. The van der Waals surface area contributed by atoms with Gasteiger partial charge in [-0.25, -0.2) is 0 Å². The molecule has 4 nitrogen and oxygen atoms in total.